The van der Waals surface area contributed by atoms with Gasteiger partial charge in [-0.15, -0.1) is 0 Å². The summed E-state index contributed by atoms with van der Waals surface area (Å²) in [6.45, 7) is 62.4. The van der Waals surface area contributed by atoms with E-state index in [1.54, 1.807) is 56.9 Å². The number of hydrogen-bond donors (Lipinski definition) is 5. The third-order valence-corrected chi connectivity index (χ3v) is 25.6. The van der Waals surface area contributed by atoms with Crippen molar-refractivity contribution in [3.63, 3.8) is 0 Å². The number of nitrogens with one attached hydrogen (secondary N) is 5. The van der Waals surface area contributed by atoms with Crippen molar-refractivity contribution < 1.29 is 37.9 Å². The predicted octanol–water partition coefficient (Wildman–Crippen LogP) is 12.5. The highest BCUT2D eigenvalue weighted by Gasteiger charge is 2.48. The van der Waals surface area contributed by atoms with Crippen LogP contribution in [0.25, 0.3) is 0 Å². The maximum absolute atomic E-state index is 6.06. The molecule has 0 spiro atoms. The van der Waals surface area contributed by atoms with Crippen LogP contribution in [0.4, 0.5) is 53.5 Å². The standard InChI is InChI=1S/C94H179N23O8/c1-30-31-40-113(71-61-85(2,3)104-86(4,5)62-71)82-101-83(116(74-67-91(14,15)107-92(16,17)68-74)43-38-34-32-36-41-114(72-63-87(6,7)105-88(8,9)64-72)80-97-76(109(45-53-118-22)46-54-119-23)95-77(98-80)110(47-55-120-24)48-56-121-25)103-84(102-82)117(75-69-93(18,19)108-94(20,21)70-75)44-39-35-33-37-42-115(73-65-89(10,11)106-90(12,13)66-73)81-99-78(111(49-57-122-26)50-58-123-27)96-79(100-81)112(51-59-124-28)52-60-125-29/h71-75,104-108H,30-70H2,1-29H3. The van der Waals surface area contributed by atoms with Crippen molar-refractivity contribution in [2.24, 2.45) is 0 Å². The van der Waals surface area contributed by atoms with Gasteiger partial charge in [-0.2, -0.15) is 44.9 Å². The van der Waals surface area contributed by atoms with Gasteiger partial charge in [0.05, 0.1) is 52.9 Å². The van der Waals surface area contributed by atoms with Crippen molar-refractivity contribution in [1.29, 1.82) is 0 Å². The average Bonchev–Trinajstić information content (AvgIpc) is 0.753. The van der Waals surface area contributed by atoms with Crippen LogP contribution in [0.3, 0.4) is 0 Å². The summed E-state index contributed by atoms with van der Waals surface area (Å²) < 4.78 is 45.6. The Bertz CT molecular complexity index is 3260. The molecule has 0 amide bonds. The van der Waals surface area contributed by atoms with E-state index in [9.17, 15) is 0 Å². The second-order valence-electron chi connectivity index (χ2n) is 43.5. The van der Waals surface area contributed by atoms with Crippen molar-refractivity contribution in [2.75, 3.05) is 239 Å². The first kappa shape index (κ1) is 105. The van der Waals surface area contributed by atoms with E-state index in [0.29, 0.717) is 141 Å². The van der Waals surface area contributed by atoms with Gasteiger partial charge in [0.25, 0.3) is 0 Å². The fourth-order valence-corrected chi connectivity index (χ4v) is 21.9. The first-order valence-electron chi connectivity index (χ1n) is 47.8. The van der Waals surface area contributed by atoms with Gasteiger partial charge in [0, 0.05) is 228 Å². The summed E-state index contributed by atoms with van der Waals surface area (Å²) in [4.78, 5) is 72.3. The maximum atomic E-state index is 6.06. The lowest BCUT2D eigenvalue weighted by molar-refractivity contribution is 0.155. The Hall–Kier alpha value is -5.29. The minimum Gasteiger partial charge on any atom is -0.383 e. The number of anilines is 9. The first-order valence-corrected chi connectivity index (χ1v) is 47.8. The molecule has 5 fully saturated rings. The normalized spacial score (nSPS) is 20.3. The molecular weight excluding hydrogens is 1580 g/mol. The van der Waals surface area contributed by atoms with Gasteiger partial charge >= 0.3 is 0 Å². The Morgan fingerprint density at radius 2 is 0.344 bits per heavy atom. The zero-order valence-electron chi connectivity index (χ0n) is 84.2. The molecule has 8 heterocycles. The summed E-state index contributed by atoms with van der Waals surface area (Å²) >= 11 is 0. The minimum absolute atomic E-state index is 0.119. The highest BCUT2D eigenvalue weighted by Crippen LogP contribution is 2.42. The van der Waals surface area contributed by atoms with Gasteiger partial charge in [-0.1, -0.05) is 39.0 Å². The molecule has 0 radical (unpaired) electrons. The van der Waals surface area contributed by atoms with Gasteiger partial charge in [0.15, 0.2) is 0 Å². The van der Waals surface area contributed by atoms with Crippen molar-refractivity contribution in [3.8, 4) is 0 Å². The Morgan fingerprint density at radius 1 is 0.208 bits per heavy atom. The van der Waals surface area contributed by atoms with E-state index in [4.69, 9.17) is 82.8 Å². The van der Waals surface area contributed by atoms with E-state index in [1.165, 1.54) is 0 Å². The molecule has 5 N–H and O–H groups in total. The lowest BCUT2D eigenvalue weighted by Gasteiger charge is -2.51. The van der Waals surface area contributed by atoms with Gasteiger partial charge in [-0.05, 0) is 235 Å². The Morgan fingerprint density at radius 3 is 0.488 bits per heavy atom. The van der Waals surface area contributed by atoms with Gasteiger partial charge in [-0.25, -0.2) is 0 Å². The molecule has 0 saturated carbocycles. The Kier molecular flexibility index (Phi) is 39.7. The largest absolute Gasteiger partial charge is 0.383 e. The fraction of sp³-hybridized carbons (Fsp3) is 0.904. The minimum atomic E-state index is -0.161. The molecule has 125 heavy (non-hydrogen) atoms. The molecule has 3 aromatic rings. The van der Waals surface area contributed by atoms with Crippen LogP contribution in [0, 0.1) is 0 Å². The number of piperidine rings is 5. The number of rotatable bonds is 55. The summed E-state index contributed by atoms with van der Waals surface area (Å²) in [5.41, 5.74) is -1.45. The number of nitrogens with zero attached hydrogens (tertiary/aromatic N) is 18. The quantitative estimate of drug-likeness (QED) is 0.0328. The average molecular weight is 1760 g/mol. The van der Waals surface area contributed by atoms with Crippen LogP contribution >= 0.6 is 0 Å². The summed E-state index contributed by atoms with van der Waals surface area (Å²) in [5, 5.41) is 20.2. The van der Waals surface area contributed by atoms with Crippen molar-refractivity contribution in [1.82, 2.24) is 71.4 Å². The highest BCUT2D eigenvalue weighted by atomic mass is 16.5. The molecule has 3 aromatic heterocycles. The molecule has 0 aliphatic carbocycles. The molecule has 31 nitrogen and oxygen atoms in total. The molecule has 31 heteroatoms. The maximum Gasteiger partial charge on any atom is 0.232 e. The van der Waals surface area contributed by atoms with Gasteiger partial charge < -0.3 is 109 Å². The molecule has 0 aromatic carbocycles. The van der Waals surface area contributed by atoms with Crippen LogP contribution < -0.4 is 70.7 Å². The van der Waals surface area contributed by atoms with E-state index >= 15 is 0 Å². The summed E-state index contributed by atoms with van der Waals surface area (Å²) in [6.07, 6.45) is 19.2. The number of ether oxygens (including phenoxy) is 8. The van der Waals surface area contributed by atoms with Crippen LogP contribution in [0.2, 0.25) is 0 Å². The van der Waals surface area contributed by atoms with E-state index in [2.05, 4.69) is 216 Å². The molecule has 5 saturated heterocycles. The molecule has 5 aliphatic heterocycles. The van der Waals surface area contributed by atoms with E-state index < -0.39 is 0 Å². The lowest BCUT2D eigenvalue weighted by atomic mass is 9.79. The number of methoxy groups -OCH3 is 8. The number of hydrogen-bond acceptors (Lipinski definition) is 31. The summed E-state index contributed by atoms with van der Waals surface area (Å²) in [5.74, 6) is 6.19. The van der Waals surface area contributed by atoms with Gasteiger partial charge in [0.1, 0.15) is 0 Å². The van der Waals surface area contributed by atoms with Crippen LogP contribution in [-0.4, -0.2) is 325 Å². The van der Waals surface area contributed by atoms with Crippen LogP contribution in [-0.2, 0) is 37.9 Å². The predicted molar refractivity (Wildman–Crippen MR) is 513 cm³/mol. The van der Waals surface area contributed by atoms with Crippen LogP contribution in [0.1, 0.15) is 274 Å². The number of unbranched alkanes of at least 4 members (excludes halogenated alkanes) is 7. The Balaban J connectivity index is 1.20. The summed E-state index contributed by atoms with van der Waals surface area (Å²) in [7, 11) is 13.9. The topological polar surface area (TPSA) is 279 Å². The zero-order valence-corrected chi connectivity index (χ0v) is 84.2. The van der Waals surface area contributed by atoms with Crippen molar-refractivity contribution in [3.05, 3.63) is 0 Å². The zero-order chi connectivity index (χ0) is 91.8. The second-order valence-corrected chi connectivity index (χ2v) is 43.5. The second kappa shape index (κ2) is 47.2. The molecule has 0 unspecified atom stereocenters. The molecule has 8 rings (SSSR count). The monoisotopic (exact) mass is 1760 g/mol. The van der Waals surface area contributed by atoms with Gasteiger partial charge in [-0.3, -0.25) is 0 Å². The van der Waals surface area contributed by atoms with Crippen molar-refractivity contribution in [2.45, 2.75) is 359 Å². The molecule has 0 atom stereocenters. The molecule has 718 valence electrons. The Labute approximate surface area is 757 Å². The summed E-state index contributed by atoms with van der Waals surface area (Å²) in [6, 6.07) is 0.741. The van der Waals surface area contributed by atoms with Crippen LogP contribution in [0.5, 0.6) is 0 Å². The highest BCUT2D eigenvalue weighted by molar-refractivity contribution is 5.52. The lowest BCUT2D eigenvalue weighted by Crippen LogP contribution is -2.63. The molecule has 0 bridgehead atoms. The molecular formula is C94H179N23O8. The van der Waals surface area contributed by atoms with Crippen LogP contribution in [0.15, 0.2) is 0 Å². The third kappa shape index (κ3) is 33.2. The first-order chi connectivity index (χ1) is 58.8. The number of aromatic nitrogens is 9. The third-order valence-electron chi connectivity index (χ3n) is 25.6. The van der Waals surface area contributed by atoms with E-state index in [1.807, 2.05) is 0 Å². The van der Waals surface area contributed by atoms with E-state index in [-0.39, 0.29) is 85.6 Å². The fourth-order valence-electron chi connectivity index (χ4n) is 21.9. The molecule has 5 aliphatic rings. The SMILES string of the molecule is CCCCN(c1nc(N(CCCCCCN(c2nc(N(CCOC)CCOC)nc(N(CCOC)CCOC)n2)C2CC(C)(C)NC(C)(C)C2)C2CC(C)(C)NC(C)(C)C2)nc(N(CCCCCCN(c2nc(N(CCOC)CCOC)nc(N(CCOC)CCOC)n2)C2CC(C)(C)NC(C)(C)C2)C2CC(C)(C)NC(C)(C)C2)n1)C1CC(C)(C)NC(C)(C)C1. The van der Waals surface area contributed by atoms with Crippen molar-refractivity contribution >= 4 is 53.5 Å². The van der Waals surface area contributed by atoms with Gasteiger partial charge in [0.2, 0.25) is 53.5 Å². The van der Waals surface area contributed by atoms with E-state index in [0.717, 1.165) is 179 Å². The smallest absolute Gasteiger partial charge is 0.232 e.